The molecule has 0 spiro atoms. The minimum atomic E-state index is -0.233. The minimum Gasteiger partial charge on any atom is -0.393 e. The lowest BCUT2D eigenvalue weighted by atomic mass is 9.90. The van der Waals surface area contributed by atoms with Crippen molar-refractivity contribution < 1.29 is 9.90 Å². The summed E-state index contributed by atoms with van der Waals surface area (Å²) in [5.74, 6) is 0.332. The van der Waals surface area contributed by atoms with Crippen molar-refractivity contribution in [2.45, 2.75) is 51.0 Å². The summed E-state index contributed by atoms with van der Waals surface area (Å²) in [5.41, 5.74) is 3.55. The van der Waals surface area contributed by atoms with Gasteiger partial charge in [-0.2, -0.15) is 0 Å². The van der Waals surface area contributed by atoms with E-state index in [-0.39, 0.29) is 17.9 Å². The molecule has 1 fully saturated rings. The molecule has 2 unspecified atom stereocenters. The number of aryl methyl sites for hydroxylation is 2. The first-order valence-electron chi connectivity index (χ1n) is 8.20. The third kappa shape index (κ3) is 3.13. The van der Waals surface area contributed by atoms with Crippen LogP contribution >= 0.6 is 0 Å². The van der Waals surface area contributed by atoms with Crippen molar-refractivity contribution in [3.05, 3.63) is 34.9 Å². The summed E-state index contributed by atoms with van der Waals surface area (Å²) in [6.45, 7) is 0.664. The van der Waals surface area contributed by atoms with Crippen molar-refractivity contribution >= 4 is 5.91 Å². The molecule has 0 radical (unpaired) electrons. The summed E-state index contributed by atoms with van der Waals surface area (Å²) >= 11 is 0. The van der Waals surface area contributed by atoms with E-state index in [0.717, 1.165) is 37.7 Å². The molecule has 114 valence electrons. The number of hydrogen-bond donors (Lipinski definition) is 1. The summed E-state index contributed by atoms with van der Waals surface area (Å²) < 4.78 is 0. The Kier molecular flexibility index (Phi) is 4.29. The number of rotatable bonds is 3. The third-order valence-corrected chi connectivity index (χ3v) is 5.07. The van der Waals surface area contributed by atoms with Crippen LogP contribution in [0.1, 0.15) is 53.6 Å². The molecule has 1 saturated carbocycles. The molecule has 0 aliphatic heterocycles. The van der Waals surface area contributed by atoms with Gasteiger partial charge in [0, 0.05) is 25.1 Å². The van der Waals surface area contributed by atoms with Crippen LogP contribution < -0.4 is 0 Å². The zero-order valence-electron chi connectivity index (χ0n) is 12.8. The average molecular weight is 287 g/mol. The van der Waals surface area contributed by atoms with Gasteiger partial charge in [0.1, 0.15) is 0 Å². The van der Waals surface area contributed by atoms with Gasteiger partial charge in [0.15, 0.2) is 0 Å². The predicted molar refractivity (Wildman–Crippen MR) is 83.4 cm³/mol. The van der Waals surface area contributed by atoms with Crippen LogP contribution in [0.2, 0.25) is 0 Å². The number of benzene rings is 1. The highest BCUT2D eigenvalue weighted by Gasteiger charge is 2.27. The van der Waals surface area contributed by atoms with E-state index in [0.29, 0.717) is 6.54 Å². The molecule has 2 atom stereocenters. The van der Waals surface area contributed by atoms with Gasteiger partial charge >= 0.3 is 0 Å². The number of hydrogen-bond acceptors (Lipinski definition) is 2. The Labute approximate surface area is 127 Å². The molecule has 0 bridgehead atoms. The van der Waals surface area contributed by atoms with E-state index >= 15 is 0 Å². The highest BCUT2D eigenvalue weighted by molar-refractivity contribution is 5.94. The summed E-state index contributed by atoms with van der Waals surface area (Å²) in [7, 11) is 1.85. The summed E-state index contributed by atoms with van der Waals surface area (Å²) in [5, 5.41) is 9.91. The molecule has 3 nitrogen and oxygen atoms in total. The van der Waals surface area contributed by atoms with Gasteiger partial charge in [-0.1, -0.05) is 12.5 Å². The Balaban J connectivity index is 1.69. The standard InChI is InChI=1S/C18H25NO2/c1-19(12-16-7-4-8-17(16)20)18(21)15-10-9-13-5-2-3-6-14(13)11-15/h9-11,16-17,20H,2-8,12H2,1H3. The Hall–Kier alpha value is -1.35. The van der Waals surface area contributed by atoms with E-state index < -0.39 is 0 Å². The van der Waals surface area contributed by atoms with E-state index in [2.05, 4.69) is 12.1 Å². The van der Waals surface area contributed by atoms with Crippen LogP contribution in [0.5, 0.6) is 0 Å². The molecule has 1 amide bonds. The molecular weight excluding hydrogens is 262 g/mol. The summed E-state index contributed by atoms with van der Waals surface area (Å²) in [6, 6.07) is 6.17. The first kappa shape index (κ1) is 14.6. The predicted octanol–water partition coefficient (Wildman–Crippen LogP) is 2.80. The van der Waals surface area contributed by atoms with Crippen molar-refractivity contribution in [3.8, 4) is 0 Å². The average Bonchev–Trinajstić information content (AvgIpc) is 2.91. The molecule has 1 N–H and O–H groups in total. The van der Waals surface area contributed by atoms with E-state index in [1.807, 2.05) is 13.1 Å². The van der Waals surface area contributed by atoms with Gasteiger partial charge in [-0.15, -0.1) is 0 Å². The van der Waals surface area contributed by atoms with Crippen molar-refractivity contribution in [2.24, 2.45) is 5.92 Å². The Morgan fingerprint density at radius 3 is 2.67 bits per heavy atom. The van der Waals surface area contributed by atoms with E-state index in [9.17, 15) is 9.90 Å². The topological polar surface area (TPSA) is 40.5 Å². The number of carbonyl (C=O) groups excluding carboxylic acids is 1. The zero-order valence-corrected chi connectivity index (χ0v) is 12.8. The Bertz CT molecular complexity index is 526. The van der Waals surface area contributed by atoms with Crippen LogP contribution in [-0.4, -0.2) is 35.6 Å². The maximum atomic E-state index is 12.6. The molecule has 0 heterocycles. The largest absolute Gasteiger partial charge is 0.393 e. The third-order valence-electron chi connectivity index (χ3n) is 5.07. The molecule has 1 aromatic rings. The van der Waals surface area contributed by atoms with E-state index in [4.69, 9.17) is 0 Å². The highest BCUT2D eigenvalue weighted by Crippen LogP contribution is 2.27. The fraction of sp³-hybridized carbons (Fsp3) is 0.611. The Morgan fingerprint density at radius 1 is 1.19 bits per heavy atom. The van der Waals surface area contributed by atoms with Gasteiger partial charge < -0.3 is 10.0 Å². The number of aliphatic hydroxyl groups is 1. The number of amides is 1. The van der Waals surface area contributed by atoms with E-state index in [1.54, 1.807) is 4.90 Å². The molecule has 2 aliphatic rings. The first-order chi connectivity index (χ1) is 10.1. The number of carbonyl (C=O) groups is 1. The fourth-order valence-electron chi connectivity index (χ4n) is 3.75. The quantitative estimate of drug-likeness (QED) is 0.928. The molecule has 0 aromatic heterocycles. The monoisotopic (exact) mass is 287 g/mol. The molecule has 3 rings (SSSR count). The molecule has 2 aliphatic carbocycles. The van der Waals surface area contributed by atoms with Gasteiger partial charge in [-0.25, -0.2) is 0 Å². The fourth-order valence-corrected chi connectivity index (χ4v) is 3.75. The van der Waals surface area contributed by atoms with Crippen molar-refractivity contribution in [3.63, 3.8) is 0 Å². The van der Waals surface area contributed by atoms with Crippen LogP contribution in [0, 0.1) is 5.92 Å². The smallest absolute Gasteiger partial charge is 0.253 e. The van der Waals surface area contributed by atoms with Gasteiger partial charge in [0.25, 0.3) is 5.91 Å². The first-order valence-corrected chi connectivity index (χ1v) is 8.20. The van der Waals surface area contributed by atoms with Gasteiger partial charge in [0.05, 0.1) is 6.10 Å². The van der Waals surface area contributed by atoms with Gasteiger partial charge in [0.2, 0.25) is 0 Å². The normalized spacial score (nSPS) is 24.7. The van der Waals surface area contributed by atoms with Crippen LogP contribution in [0.25, 0.3) is 0 Å². The number of fused-ring (bicyclic) bond motifs is 1. The molecule has 1 aromatic carbocycles. The highest BCUT2D eigenvalue weighted by atomic mass is 16.3. The molecule has 21 heavy (non-hydrogen) atoms. The molecular formula is C18H25NO2. The van der Waals surface area contributed by atoms with Crippen molar-refractivity contribution in [1.29, 1.82) is 0 Å². The second-order valence-corrected chi connectivity index (χ2v) is 6.63. The van der Waals surface area contributed by atoms with Gasteiger partial charge in [-0.3, -0.25) is 4.79 Å². The van der Waals surface area contributed by atoms with Crippen LogP contribution in [0.3, 0.4) is 0 Å². The zero-order chi connectivity index (χ0) is 14.8. The minimum absolute atomic E-state index is 0.0856. The maximum absolute atomic E-state index is 12.6. The lowest BCUT2D eigenvalue weighted by Gasteiger charge is -2.24. The van der Waals surface area contributed by atoms with E-state index in [1.165, 1.54) is 24.0 Å². The number of nitrogens with zero attached hydrogens (tertiary/aromatic N) is 1. The van der Waals surface area contributed by atoms with Crippen molar-refractivity contribution in [2.75, 3.05) is 13.6 Å². The van der Waals surface area contributed by atoms with Crippen LogP contribution in [0.4, 0.5) is 0 Å². The molecule has 0 saturated heterocycles. The Morgan fingerprint density at radius 2 is 1.95 bits per heavy atom. The summed E-state index contributed by atoms with van der Waals surface area (Å²) in [6.07, 6.45) is 7.49. The second-order valence-electron chi connectivity index (χ2n) is 6.63. The SMILES string of the molecule is CN(CC1CCCC1O)C(=O)c1ccc2c(c1)CCCC2. The molecule has 3 heteroatoms. The van der Waals surface area contributed by atoms with Crippen LogP contribution in [0.15, 0.2) is 18.2 Å². The number of aliphatic hydroxyl groups excluding tert-OH is 1. The lowest BCUT2D eigenvalue weighted by Crippen LogP contribution is -2.34. The second kappa shape index (κ2) is 6.18. The maximum Gasteiger partial charge on any atom is 0.253 e. The van der Waals surface area contributed by atoms with Gasteiger partial charge in [-0.05, 0) is 61.8 Å². The van der Waals surface area contributed by atoms with Crippen LogP contribution in [-0.2, 0) is 12.8 Å². The summed E-state index contributed by atoms with van der Waals surface area (Å²) in [4.78, 5) is 14.4. The lowest BCUT2D eigenvalue weighted by molar-refractivity contribution is 0.0693. The van der Waals surface area contributed by atoms with Crippen molar-refractivity contribution in [1.82, 2.24) is 4.90 Å².